The molecule has 2 fully saturated rings. The number of nitrogen functional groups attached to an aromatic ring is 1. The van der Waals surface area contributed by atoms with Gasteiger partial charge in [0.1, 0.15) is 5.41 Å². The molecule has 4 heterocycles. The summed E-state index contributed by atoms with van der Waals surface area (Å²) in [7, 11) is 1.30. The molecule has 0 aromatic carbocycles. The summed E-state index contributed by atoms with van der Waals surface area (Å²) in [4.78, 5) is 24.8. The van der Waals surface area contributed by atoms with Gasteiger partial charge in [-0.2, -0.15) is 18.2 Å². The van der Waals surface area contributed by atoms with E-state index in [1.54, 1.807) is 9.80 Å². The minimum Gasteiger partial charge on any atom is -0.453 e. The van der Waals surface area contributed by atoms with E-state index in [1.165, 1.54) is 18.4 Å². The van der Waals surface area contributed by atoms with Crippen LogP contribution in [-0.2, 0) is 16.6 Å². The van der Waals surface area contributed by atoms with Crippen molar-refractivity contribution in [1.82, 2.24) is 20.0 Å². The number of hydrogen-bond acceptors (Lipinski definition) is 9. The van der Waals surface area contributed by atoms with Crippen molar-refractivity contribution >= 4 is 28.6 Å². The number of amides is 1. The number of fused-ring (bicyclic) bond motifs is 4. The third-order valence-corrected chi connectivity index (χ3v) is 6.85. The van der Waals surface area contributed by atoms with E-state index in [9.17, 15) is 18.0 Å². The highest BCUT2D eigenvalue weighted by Crippen LogP contribution is 2.58. The number of piperazine rings is 1. The molecule has 2 bridgehead atoms. The van der Waals surface area contributed by atoms with E-state index in [0.29, 0.717) is 18.1 Å². The molecule has 2 aromatic rings. The van der Waals surface area contributed by atoms with Crippen LogP contribution in [0, 0.1) is 0 Å². The largest absolute Gasteiger partial charge is 0.453 e. The number of anilines is 2. The first-order chi connectivity index (χ1) is 13.7. The second-order valence-electron chi connectivity index (χ2n) is 7.50. The van der Waals surface area contributed by atoms with E-state index >= 15 is 0 Å². The van der Waals surface area contributed by atoms with Crippen LogP contribution < -0.4 is 10.6 Å². The van der Waals surface area contributed by atoms with Gasteiger partial charge in [-0.25, -0.2) is 9.78 Å². The molecule has 2 N–H and O–H groups in total. The van der Waals surface area contributed by atoms with Crippen LogP contribution in [0.3, 0.4) is 0 Å². The maximum absolute atomic E-state index is 13.4. The average Bonchev–Trinajstić information content (AvgIpc) is 3.21. The van der Waals surface area contributed by atoms with Crippen molar-refractivity contribution < 1.29 is 27.2 Å². The first-order valence-corrected chi connectivity index (χ1v) is 9.82. The normalized spacial score (nSPS) is 25.0. The lowest BCUT2D eigenvalue weighted by Crippen LogP contribution is -2.59. The number of halogens is 3. The summed E-state index contributed by atoms with van der Waals surface area (Å²) in [6, 6.07) is -0.676. The topological polar surface area (TPSA) is 111 Å². The highest BCUT2D eigenvalue weighted by Gasteiger charge is 2.67. The predicted octanol–water partition coefficient (Wildman–Crippen LogP) is 2.26. The minimum absolute atomic E-state index is 0.0210. The summed E-state index contributed by atoms with van der Waals surface area (Å²) in [5.41, 5.74) is 4.68. The Hall–Kier alpha value is -2.57. The van der Waals surface area contributed by atoms with Crippen LogP contribution in [0.15, 0.2) is 4.52 Å². The standard InChI is InChI=1S/C16H17F3N6O3S/c1-27-14(26)24-5-7-4-8-10(29-12(20)21-8)9(6-24)25(7)13-22-11(23-28-13)15(2-3-15)16(17,18)19/h7,9H,2-6H2,1H3,(H2,20,21)/t7-,9-/m1/s1. The number of rotatable bonds is 2. The summed E-state index contributed by atoms with van der Waals surface area (Å²) in [6.07, 6.45) is -4.54. The lowest BCUT2D eigenvalue weighted by molar-refractivity contribution is -0.162. The van der Waals surface area contributed by atoms with E-state index in [4.69, 9.17) is 15.0 Å². The first kappa shape index (κ1) is 18.5. The van der Waals surface area contributed by atoms with Crippen molar-refractivity contribution in [3.8, 4) is 0 Å². The number of ether oxygens (including phenoxy) is 1. The average molecular weight is 430 g/mol. The molecular weight excluding hydrogens is 413 g/mol. The zero-order chi connectivity index (χ0) is 20.6. The van der Waals surface area contributed by atoms with Gasteiger partial charge in [0, 0.05) is 19.5 Å². The zero-order valence-electron chi connectivity index (χ0n) is 15.3. The number of carbonyl (C=O) groups is 1. The maximum Gasteiger partial charge on any atom is 0.409 e. The molecule has 2 atom stereocenters. The molecule has 13 heteroatoms. The quantitative estimate of drug-likeness (QED) is 0.773. The number of nitrogens with zero attached hydrogens (tertiary/aromatic N) is 5. The van der Waals surface area contributed by atoms with E-state index < -0.39 is 23.7 Å². The van der Waals surface area contributed by atoms with Gasteiger partial charge in [-0.1, -0.05) is 16.5 Å². The molecule has 3 aliphatic rings. The Balaban J connectivity index is 1.52. The molecule has 2 aromatic heterocycles. The summed E-state index contributed by atoms with van der Waals surface area (Å²) in [6.45, 7) is 0.544. The number of alkyl halides is 3. The number of nitrogens with two attached hydrogens (primary N) is 1. The molecule has 29 heavy (non-hydrogen) atoms. The molecule has 9 nitrogen and oxygen atoms in total. The molecule has 1 amide bonds. The molecule has 0 radical (unpaired) electrons. The van der Waals surface area contributed by atoms with Gasteiger partial charge in [-0.15, -0.1) is 0 Å². The number of thiazole rings is 1. The van der Waals surface area contributed by atoms with E-state index in [0.717, 1.165) is 10.6 Å². The summed E-state index contributed by atoms with van der Waals surface area (Å²) in [5.74, 6) is -0.336. The van der Waals surface area contributed by atoms with E-state index in [-0.39, 0.29) is 37.3 Å². The van der Waals surface area contributed by atoms with Crippen molar-refractivity contribution in [2.24, 2.45) is 0 Å². The monoisotopic (exact) mass is 430 g/mol. The summed E-state index contributed by atoms with van der Waals surface area (Å²) in [5, 5.41) is 4.06. The van der Waals surface area contributed by atoms with Gasteiger partial charge < -0.3 is 24.8 Å². The minimum atomic E-state index is -4.42. The summed E-state index contributed by atoms with van der Waals surface area (Å²) >= 11 is 1.28. The lowest BCUT2D eigenvalue weighted by atomic mass is 9.94. The molecule has 1 saturated heterocycles. The van der Waals surface area contributed by atoms with Crippen LogP contribution in [0.5, 0.6) is 0 Å². The van der Waals surface area contributed by atoms with Crippen molar-refractivity contribution in [2.45, 2.75) is 42.9 Å². The van der Waals surface area contributed by atoms with E-state index in [1.807, 2.05) is 0 Å². The van der Waals surface area contributed by atoms with Gasteiger partial charge in [-0.3, -0.25) is 0 Å². The van der Waals surface area contributed by atoms with Gasteiger partial charge in [0.05, 0.1) is 29.8 Å². The fourth-order valence-corrected chi connectivity index (χ4v) is 5.15. The fourth-order valence-electron chi connectivity index (χ4n) is 4.19. The molecule has 1 saturated carbocycles. The molecule has 0 unspecified atom stereocenters. The third kappa shape index (κ3) is 2.66. The van der Waals surface area contributed by atoms with Crippen LogP contribution in [-0.4, -0.2) is 58.5 Å². The Labute approximate surface area is 166 Å². The molecule has 2 aliphatic heterocycles. The van der Waals surface area contributed by atoms with Crippen LogP contribution in [0.1, 0.15) is 35.3 Å². The van der Waals surface area contributed by atoms with Gasteiger partial charge in [-0.05, 0) is 12.8 Å². The van der Waals surface area contributed by atoms with Crippen molar-refractivity contribution in [2.75, 3.05) is 30.8 Å². The van der Waals surface area contributed by atoms with Gasteiger partial charge in [0.2, 0.25) is 0 Å². The fraction of sp³-hybridized carbons (Fsp3) is 0.625. The smallest absolute Gasteiger partial charge is 0.409 e. The van der Waals surface area contributed by atoms with Crippen molar-refractivity contribution in [3.63, 3.8) is 0 Å². The van der Waals surface area contributed by atoms with Gasteiger partial charge in [0.15, 0.2) is 11.0 Å². The Morgan fingerprint density at radius 2 is 2.10 bits per heavy atom. The Morgan fingerprint density at radius 1 is 1.34 bits per heavy atom. The molecule has 1 aliphatic carbocycles. The number of aromatic nitrogens is 3. The molecule has 0 spiro atoms. The maximum atomic E-state index is 13.4. The SMILES string of the molecule is COC(=O)N1C[C@H]2Cc3nc(N)sc3[C@@H](C1)N2c1nc(C2(C(F)(F)F)CC2)no1. The van der Waals surface area contributed by atoms with Crippen LogP contribution in [0.2, 0.25) is 0 Å². The highest BCUT2D eigenvalue weighted by atomic mass is 32.1. The Bertz CT molecular complexity index is 972. The van der Waals surface area contributed by atoms with Crippen LogP contribution in [0.4, 0.5) is 29.1 Å². The van der Waals surface area contributed by atoms with Gasteiger partial charge in [0.25, 0.3) is 0 Å². The Morgan fingerprint density at radius 3 is 2.76 bits per heavy atom. The van der Waals surface area contributed by atoms with Crippen LogP contribution >= 0.6 is 11.3 Å². The molecular formula is C16H17F3N6O3S. The number of carbonyl (C=O) groups excluding carboxylic acids is 1. The molecule has 5 rings (SSSR count). The van der Waals surface area contributed by atoms with Crippen molar-refractivity contribution in [3.05, 3.63) is 16.4 Å². The first-order valence-electron chi connectivity index (χ1n) is 9.01. The van der Waals surface area contributed by atoms with Crippen molar-refractivity contribution in [1.29, 1.82) is 0 Å². The second kappa shape index (κ2) is 5.97. The second-order valence-corrected chi connectivity index (χ2v) is 8.56. The Kier molecular flexibility index (Phi) is 3.80. The number of methoxy groups -OCH3 is 1. The third-order valence-electron chi connectivity index (χ3n) is 5.82. The molecule has 156 valence electrons. The van der Waals surface area contributed by atoms with Gasteiger partial charge >= 0.3 is 18.3 Å². The predicted molar refractivity (Wildman–Crippen MR) is 94.5 cm³/mol. The lowest BCUT2D eigenvalue weighted by Gasteiger charge is -2.47. The van der Waals surface area contributed by atoms with Crippen LogP contribution in [0.25, 0.3) is 0 Å². The number of hydrogen-bond donors (Lipinski definition) is 1. The highest BCUT2D eigenvalue weighted by molar-refractivity contribution is 7.15. The van der Waals surface area contributed by atoms with E-state index in [2.05, 4.69) is 15.1 Å². The summed E-state index contributed by atoms with van der Waals surface area (Å²) < 4.78 is 50.4. The zero-order valence-corrected chi connectivity index (χ0v) is 16.1.